The van der Waals surface area contributed by atoms with Crippen molar-refractivity contribution in [2.24, 2.45) is 5.92 Å². The van der Waals surface area contributed by atoms with Gasteiger partial charge in [-0.2, -0.15) is 0 Å². The molecule has 0 saturated carbocycles. The van der Waals surface area contributed by atoms with Crippen LogP contribution in [0.25, 0.3) is 0 Å². The van der Waals surface area contributed by atoms with E-state index in [0.717, 1.165) is 64.3 Å². The summed E-state index contributed by atoms with van der Waals surface area (Å²) in [6.07, 6.45) is 11.3. The first-order chi connectivity index (χ1) is 12.6. The van der Waals surface area contributed by atoms with Gasteiger partial charge in [-0.1, -0.05) is 6.42 Å². The highest BCUT2D eigenvalue weighted by molar-refractivity contribution is 5.77. The van der Waals surface area contributed by atoms with E-state index in [0.29, 0.717) is 11.9 Å². The van der Waals surface area contributed by atoms with E-state index in [9.17, 15) is 9.90 Å². The number of amides is 1. The van der Waals surface area contributed by atoms with Gasteiger partial charge in [0.15, 0.2) is 0 Å². The smallest absolute Gasteiger partial charge is 0.222 e. The number of carbonyl (C=O) groups excluding carboxylic acids is 1. The lowest BCUT2D eigenvalue weighted by molar-refractivity contribution is -0.128. The van der Waals surface area contributed by atoms with Gasteiger partial charge in [-0.3, -0.25) is 9.69 Å². The van der Waals surface area contributed by atoms with Crippen molar-refractivity contribution in [3.8, 4) is 0 Å². The van der Waals surface area contributed by atoms with Gasteiger partial charge in [-0.05, 0) is 83.5 Å². The summed E-state index contributed by atoms with van der Waals surface area (Å²) in [5.74, 6) is 1.12. The molecule has 0 unspecified atom stereocenters. The second kappa shape index (κ2) is 8.15. The molecule has 4 aliphatic heterocycles. The molecule has 4 fully saturated rings. The molecular weight excluding hydrogens is 326 g/mol. The summed E-state index contributed by atoms with van der Waals surface area (Å²) in [5.41, 5.74) is -0.493. The molecule has 0 spiro atoms. The van der Waals surface area contributed by atoms with Gasteiger partial charge in [0.1, 0.15) is 0 Å². The summed E-state index contributed by atoms with van der Waals surface area (Å²) in [6, 6.07) is 0.393. The lowest BCUT2D eigenvalue weighted by atomic mass is 9.79. The van der Waals surface area contributed by atoms with Crippen molar-refractivity contribution in [2.75, 3.05) is 45.8 Å². The Bertz CT molecular complexity index is 490. The molecular formula is C21H37N3O2. The fourth-order valence-electron chi connectivity index (χ4n) is 5.91. The SMILES string of the molecule is O=C1CCCN1CCC1CCN(C[C@]2(O)CCCN3CCCC[C@@H]32)CC1. The molecule has 4 saturated heterocycles. The number of β-amino-alcohol motifs (C(OH)–C–C–N with tert-alkyl or cyclic N) is 1. The summed E-state index contributed by atoms with van der Waals surface area (Å²) in [5, 5.41) is 11.4. The Morgan fingerprint density at radius 1 is 0.962 bits per heavy atom. The Hall–Kier alpha value is -0.650. The van der Waals surface area contributed by atoms with Crippen molar-refractivity contribution in [1.29, 1.82) is 0 Å². The highest BCUT2D eigenvalue weighted by atomic mass is 16.3. The molecule has 1 N–H and O–H groups in total. The highest BCUT2D eigenvalue weighted by Crippen LogP contribution is 2.35. The minimum absolute atomic E-state index is 0.360. The van der Waals surface area contributed by atoms with Crippen LogP contribution in [0, 0.1) is 5.92 Å². The highest BCUT2D eigenvalue weighted by Gasteiger charge is 2.45. The number of hydrogen-bond acceptors (Lipinski definition) is 4. The normalized spacial score (nSPS) is 35.0. The maximum atomic E-state index is 11.8. The van der Waals surface area contributed by atoms with Crippen molar-refractivity contribution in [2.45, 2.75) is 75.9 Å². The van der Waals surface area contributed by atoms with Crippen LogP contribution in [0.15, 0.2) is 0 Å². The first-order valence-corrected chi connectivity index (χ1v) is 11.1. The van der Waals surface area contributed by atoms with Crippen LogP contribution in [0.3, 0.4) is 0 Å². The number of nitrogens with zero attached hydrogens (tertiary/aromatic N) is 3. The predicted molar refractivity (Wildman–Crippen MR) is 103 cm³/mol. The zero-order chi connectivity index (χ0) is 18.0. The molecule has 26 heavy (non-hydrogen) atoms. The van der Waals surface area contributed by atoms with Crippen LogP contribution >= 0.6 is 0 Å². The Morgan fingerprint density at radius 3 is 2.54 bits per heavy atom. The van der Waals surface area contributed by atoms with E-state index in [2.05, 4.69) is 14.7 Å². The zero-order valence-corrected chi connectivity index (χ0v) is 16.4. The van der Waals surface area contributed by atoms with Crippen LogP contribution < -0.4 is 0 Å². The minimum atomic E-state index is -0.493. The standard InChI is InChI=1S/C21H37N3O2/c25-20-6-3-12-24(20)16-9-18-7-14-22(15-8-18)17-21(26)10-4-13-23-11-2-1-5-19(21)23/h18-19,26H,1-17H2/t19-,21-/m1/s1. The first-order valence-electron chi connectivity index (χ1n) is 11.1. The number of aliphatic hydroxyl groups is 1. The van der Waals surface area contributed by atoms with Crippen LogP contribution in [-0.4, -0.2) is 83.2 Å². The summed E-state index contributed by atoms with van der Waals surface area (Å²) in [7, 11) is 0. The van der Waals surface area contributed by atoms with E-state index < -0.39 is 5.60 Å². The lowest BCUT2D eigenvalue weighted by Gasteiger charge is -2.51. The van der Waals surface area contributed by atoms with E-state index in [1.165, 1.54) is 51.6 Å². The van der Waals surface area contributed by atoms with Crippen LogP contribution in [0.5, 0.6) is 0 Å². The van der Waals surface area contributed by atoms with Gasteiger partial charge in [0.2, 0.25) is 5.91 Å². The fraction of sp³-hybridized carbons (Fsp3) is 0.952. The fourth-order valence-corrected chi connectivity index (χ4v) is 5.91. The number of rotatable bonds is 5. The summed E-state index contributed by atoms with van der Waals surface area (Å²) in [4.78, 5) is 18.9. The van der Waals surface area contributed by atoms with E-state index in [-0.39, 0.29) is 0 Å². The van der Waals surface area contributed by atoms with Gasteiger partial charge in [0.25, 0.3) is 0 Å². The maximum Gasteiger partial charge on any atom is 0.222 e. The monoisotopic (exact) mass is 363 g/mol. The minimum Gasteiger partial charge on any atom is -0.387 e. The molecule has 0 aliphatic carbocycles. The summed E-state index contributed by atoms with van der Waals surface area (Å²) >= 11 is 0. The molecule has 0 aromatic rings. The third-order valence-electron chi connectivity index (χ3n) is 7.47. The molecule has 0 bridgehead atoms. The second-order valence-corrected chi connectivity index (χ2v) is 9.25. The van der Waals surface area contributed by atoms with Gasteiger partial charge < -0.3 is 14.9 Å². The second-order valence-electron chi connectivity index (χ2n) is 9.25. The van der Waals surface area contributed by atoms with Crippen LogP contribution in [0.4, 0.5) is 0 Å². The third kappa shape index (κ3) is 4.10. The number of fused-ring (bicyclic) bond motifs is 1. The average Bonchev–Trinajstić information content (AvgIpc) is 3.06. The topological polar surface area (TPSA) is 47.0 Å². The number of likely N-dealkylation sites (tertiary alicyclic amines) is 2. The van der Waals surface area contributed by atoms with Crippen molar-refractivity contribution >= 4 is 5.91 Å². The van der Waals surface area contributed by atoms with Crippen LogP contribution in [0.1, 0.15) is 64.2 Å². The van der Waals surface area contributed by atoms with Crippen molar-refractivity contribution in [3.05, 3.63) is 0 Å². The number of hydrogen-bond donors (Lipinski definition) is 1. The van der Waals surface area contributed by atoms with Gasteiger partial charge in [-0.25, -0.2) is 0 Å². The van der Waals surface area contributed by atoms with E-state index >= 15 is 0 Å². The van der Waals surface area contributed by atoms with Gasteiger partial charge in [-0.15, -0.1) is 0 Å². The maximum absolute atomic E-state index is 11.8. The van der Waals surface area contributed by atoms with Crippen LogP contribution in [-0.2, 0) is 4.79 Å². The van der Waals surface area contributed by atoms with Gasteiger partial charge in [0.05, 0.1) is 5.60 Å². The Balaban J connectivity index is 1.23. The molecule has 5 heteroatoms. The Kier molecular flexibility index (Phi) is 5.87. The van der Waals surface area contributed by atoms with Crippen molar-refractivity contribution in [1.82, 2.24) is 14.7 Å². The quantitative estimate of drug-likeness (QED) is 0.813. The van der Waals surface area contributed by atoms with Gasteiger partial charge >= 0.3 is 0 Å². The molecule has 0 aromatic carbocycles. The van der Waals surface area contributed by atoms with E-state index in [1.807, 2.05) is 0 Å². The van der Waals surface area contributed by atoms with E-state index in [1.54, 1.807) is 0 Å². The summed E-state index contributed by atoms with van der Waals surface area (Å²) in [6.45, 7) is 7.41. The Morgan fingerprint density at radius 2 is 1.77 bits per heavy atom. The molecule has 4 heterocycles. The number of piperidine rings is 3. The zero-order valence-electron chi connectivity index (χ0n) is 16.4. The molecule has 0 aromatic heterocycles. The Labute approximate surface area is 158 Å². The van der Waals surface area contributed by atoms with Crippen LogP contribution in [0.2, 0.25) is 0 Å². The lowest BCUT2D eigenvalue weighted by Crippen LogP contribution is -2.63. The molecule has 4 aliphatic rings. The molecule has 1 amide bonds. The third-order valence-corrected chi connectivity index (χ3v) is 7.47. The largest absolute Gasteiger partial charge is 0.387 e. The molecule has 4 rings (SSSR count). The van der Waals surface area contributed by atoms with Crippen molar-refractivity contribution < 1.29 is 9.90 Å². The average molecular weight is 364 g/mol. The molecule has 0 radical (unpaired) electrons. The number of carbonyl (C=O) groups is 1. The molecule has 2 atom stereocenters. The predicted octanol–water partition coefficient (Wildman–Crippen LogP) is 2.09. The van der Waals surface area contributed by atoms with Gasteiger partial charge in [0, 0.05) is 32.1 Å². The molecule has 5 nitrogen and oxygen atoms in total. The summed E-state index contributed by atoms with van der Waals surface area (Å²) < 4.78 is 0. The first kappa shape index (κ1) is 18.7. The van der Waals surface area contributed by atoms with Crippen molar-refractivity contribution in [3.63, 3.8) is 0 Å². The molecule has 148 valence electrons. The van der Waals surface area contributed by atoms with E-state index in [4.69, 9.17) is 0 Å².